The van der Waals surface area contributed by atoms with Crippen molar-refractivity contribution in [2.75, 3.05) is 6.54 Å². The van der Waals surface area contributed by atoms with Crippen molar-refractivity contribution < 1.29 is 13.2 Å². The summed E-state index contributed by atoms with van der Waals surface area (Å²) >= 11 is 11.9. The Kier molecular flexibility index (Phi) is 4.59. The van der Waals surface area contributed by atoms with Crippen molar-refractivity contribution in [3.8, 4) is 0 Å². The van der Waals surface area contributed by atoms with Gasteiger partial charge in [0.1, 0.15) is 6.04 Å². The van der Waals surface area contributed by atoms with Crippen LogP contribution in [0.5, 0.6) is 0 Å². The molecule has 2 heterocycles. The Morgan fingerprint density at radius 1 is 1.17 bits per heavy atom. The molecule has 3 atom stereocenters. The predicted molar refractivity (Wildman–Crippen MR) is 87.9 cm³/mol. The first-order valence-electron chi connectivity index (χ1n) is 7.33. The summed E-state index contributed by atoms with van der Waals surface area (Å²) in [7, 11) is -3.93. The van der Waals surface area contributed by atoms with E-state index in [0.29, 0.717) is 12.8 Å². The van der Waals surface area contributed by atoms with E-state index in [-0.39, 0.29) is 27.4 Å². The first kappa shape index (κ1) is 17.0. The monoisotopic (exact) mass is 377 g/mol. The highest BCUT2D eigenvalue weighted by Gasteiger charge is 2.47. The molecule has 0 aliphatic carbocycles. The van der Waals surface area contributed by atoms with Crippen LogP contribution in [0.1, 0.15) is 19.3 Å². The number of piperidine rings is 1. The lowest BCUT2D eigenvalue weighted by atomic mass is 9.95. The third-order valence-electron chi connectivity index (χ3n) is 4.33. The highest BCUT2D eigenvalue weighted by atomic mass is 35.5. The third kappa shape index (κ3) is 3.08. The molecule has 1 amide bonds. The van der Waals surface area contributed by atoms with Crippen LogP contribution >= 0.6 is 23.2 Å². The molecule has 6 nitrogen and oxygen atoms in total. The standard InChI is InChI=1S/C14H17Cl2N3O3S/c15-8-4-9(16)6-10(5-8)23(21,22)19-12-2-1-3-13(19)14(20)18-7-11(12)17/h4-6,11-13H,1-3,7,17H2,(H,18,20). The smallest absolute Gasteiger partial charge is 0.244 e. The van der Waals surface area contributed by atoms with Gasteiger partial charge in [-0.25, -0.2) is 8.42 Å². The van der Waals surface area contributed by atoms with Crippen molar-refractivity contribution in [3.05, 3.63) is 28.2 Å². The van der Waals surface area contributed by atoms with Crippen LogP contribution in [0, 0.1) is 0 Å². The molecular weight excluding hydrogens is 361 g/mol. The van der Waals surface area contributed by atoms with E-state index in [1.54, 1.807) is 0 Å². The summed E-state index contributed by atoms with van der Waals surface area (Å²) in [5.41, 5.74) is 6.10. The molecule has 0 radical (unpaired) electrons. The van der Waals surface area contributed by atoms with Gasteiger partial charge in [0.25, 0.3) is 0 Å². The molecule has 2 saturated heterocycles. The van der Waals surface area contributed by atoms with E-state index in [2.05, 4.69) is 5.32 Å². The summed E-state index contributed by atoms with van der Waals surface area (Å²) in [5.74, 6) is -0.306. The fourth-order valence-electron chi connectivity index (χ4n) is 3.27. The first-order valence-corrected chi connectivity index (χ1v) is 9.53. The van der Waals surface area contributed by atoms with E-state index in [1.165, 1.54) is 22.5 Å². The number of carbonyl (C=O) groups is 1. The zero-order valence-electron chi connectivity index (χ0n) is 12.2. The van der Waals surface area contributed by atoms with Gasteiger partial charge in [-0.1, -0.05) is 23.2 Å². The van der Waals surface area contributed by atoms with Crippen LogP contribution in [-0.4, -0.2) is 43.3 Å². The molecule has 0 saturated carbocycles. The molecule has 2 fully saturated rings. The summed E-state index contributed by atoms with van der Waals surface area (Å²) in [4.78, 5) is 12.2. The van der Waals surface area contributed by atoms with Crippen LogP contribution in [0.3, 0.4) is 0 Å². The van der Waals surface area contributed by atoms with E-state index in [4.69, 9.17) is 28.9 Å². The lowest BCUT2D eigenvalue weighted by Gasteiger charge is -2.39. The summed E-state index contributed by atoms with van der Waals surface area (Å²) in [6.45, 7) is 0.266. The van der Waals surface area contributed by atoms with Crippen molar-refractivity contribution >= 4 is 39.1 Å². The van der Waals surface area contributed by atoms with Crippen LogP contribution in [0.2, 0.25) is 10.0 Å². The van der Waals surface area contributed by atoms with Crippen LogP contribution in [-0.2, 0) is 14.8 Å². The fourth-order valence-corrected chi connectivity index (χ4v) is 5.88. The topological polar surface area (TPSA) is 92.5 Å². The van der Waals surface area contributed by atoms with Gasteiger partial charge in [-0.3, -0.25) is 4.79 Å². The largest absolute Gasteiger partial charge is 0.353 e. The highest BCUT2D eigenvalue weighted by Crippen LogP contribution is 2.34. The van der Waals surface area contributed by atoms with Crippen molar-refractivity contribution in [3.63, 3.8) is 0 Å². The minimum Gasteiger partial charge on any atom is -0.353 e. The molecule has 9 heteroatoms. The van der Waals surface area contributed by atoms with Crippen molar-refractivity contribution in [2.45, 2.75) is 42.3 Å². The molecule has 126 valence electrons. The zero-order chi connectivity index (χ0) is 16.8. The maximum absolute atomic E-state index is 13.1. The second kappa shape index (κ2) is 6.22. The van der Waals surface area contributed by atoms with Gasteiger partial charge in [0.2, 0.25) is 15.9 Å². The van der Waals surface area contributed by atoms with Crippen molar-refractivity contribution in [1.82, 2.24) is 9.62 Å². The Balaban J connectivity index is 2.11. The highest BCUT2D eigenvalue weighted by molar-refractivity contribution is 7.89. The van der Waals surface area contributed by atoms with Gasteiger partial charge in [-0.05, 0) is 37.5 Å². The average Bonchev–Trinajstić information content (AvgIpc) is 2.56. The Labute approximate surface area is 145 Å². The summed E-state index contributed by atoms with van der Waals surface area (Å²) < 4.78 is 27.5. The van der Waals surface area contributed by atoms with Gasteiger partial charge in [-0.15, -0.1) is 0 Å². The first-order chi connectivity index (χ1) is 10.8. The maximum atomic E-state index is 13.1. The maximum Gasteiger partial charge on any atom is 0.244 e. The lowest BCUT2D eigenvalue weighted by molar-refractivity contribution is -0.125. The molecule has 3 unspecified atom stereocenters. The minimum atomic E-state index is -3.93. The molecule has 1 aromatic rings. The van der Waals surface area contributed by atoms with E-state index >= 15 is 0 Å². The summed E-state index contributed by atoms with van der Waals surface area (Å²) in [6, 6.07) is 2.53. The number of hydrogen-bond acceptors (Lipinski definition) is 4. The molecule has 3 N–H and O–H groups in total. The molecule has 2 bridgehead atoms. The van der Waals surface area contributed by atoms with Crippen molar-refractivity contribution in [1.29, 1.82) is 0 Å². The second-order valence-electron chi connectivity index (χ2n) is 5.86. The zero-order valence-corrected chi connectivity index (χ0v) is 14.5. The van der Waals surface area contributed by atoms with Crippen LogP contribution in [0.25, 0.3) is 0 Å². The quantitative estimate of drug-likeness (QED) is 0.813. The lowest BCUT2D eigenvalue weighted by Crippen LogP contribution is -2.57. The van der Waals surface area contributed by atoms with Crippen LogP contribution in [0.4, 0.5) is 0 Å². The van der Waals surface area contributed by atoms with E-state index < -0.39 is 28.1 Å². The van der Waals surface area contributed by atoms with E-state index in [9.17, 15) is 13.2 Å². The predicted octanol–water partition coefficient (Wildman–Crippen LogP) is 1.36. The third-order valence-corrected chi connectivity index (χ3v) is 6.68. The molecule has 1 aromatic carbocycles. The van der Waals surface area contributed by atoms with Gasteiger partial charge in [0, 0.05) is 28.7 Å². The average molecular weight is 378 g/mol. The Bertz CT molecular complexity index is 721. The number of nitrogens with two attached hydrogens (primary N) is 1. The normalized spacial score (nSPS) is 29.0. The summed E-state index contributed by atoms with van der Waals surface area (Å²) in [6.07, 6.45) is 1.86. The number of hydrogen-bond donors (Lipinski definition) is 2. The van der Waals surface area contributed by atoms with Gasteiger partial charge < -0.3 is 11.1 Å². The molecule has 2 aliphatic heterocycles. The van der Waals surface area contributed by atoms with Crippen molar-refractivity contribution in [2.24, 2.45) is 5.73 Å². The number of nitrogens with one attached hydrogen (secondary N) is 1. The molecule has 0 aromatic heterocycles. The second-order valence-corrected chi connectivity index (χ2v) is 8.58. The molecular formula is C14H17Cl2N3O3S. The van der Waals surface area contributed by atoms with Crippen LogP contribution in [0.15, 0.2) is 23.1 Å². The van der Waals surface area contributed by atoms with Gasteiger partial charge in [-0.2, -0.15) is 4.31 Å². The minimum absolute atomic E-state index is 0.0196. The van der Waals surface area contributed by atoms with E-state index in [0.717, 1.165) is 6.42 Å². The number of halogens is 2. The van der Waals surface area contributed by atoms with Gasteiger partial charge >= 0.3 is 0 Å². The number of benzene rings is 1. The molecule has 2 aliphatic rings. The summed E-state index contributed by atoms with van der Waals surface area (Å²) in [5, 5.41) is 3.17. The number of nitrogens with zero attached hydrogens (tertiary/aromatic N) is 1. The number of fused-ring (bicyclic) bond motifs is 2. The number of rotatable bonds is 2. The van der Waals surface area contributed by atoms with Gasteiger partial charge in [0.05, 0.1) is 4.90 Å². The Morgan fingerprint density at radius 3 is 2.48 bits per heavy atom. The SMILES string of the molecule is NC1CNC(=O)C2CCCC1N2S(=O)(=O)c1cc(Cl)cc(Cl)c1. The molecule has 3 rings (SSSR count). The Morgan fingerprint density at radius 2 is 1.83 bits per heavy atom. The number of sulfonamides is 1. The number of amides is 1. The van der Waals surface area contributed by atoms with Crippen LogP contribution < -0.4 is 11.1 Å². The van der Waals surface area contributed by atoms with E-state index in [1.807, 2.05) is 0 Å². The van der Waals surface area contributed by atoms with Gasteiger partial charge in [0.15, 0.2) is 0 Å². The molecule has 23 heavy (non-hydrogen) atoms. The fraction of sp³-hybridized carbons (Fsp3) is 0.500. The Hall–Kier alpha value is -0.860. The molecule has 0 spiro atoms. The number of carbonyl (C=O) groups excluding carboxylic acids is 1.